The van der Waals surface area contributed by atoms with Gasteiger partial charge in [0.2, 0.25) is 5.78 Å². The van der Waals surface area contributed by atoms with Gasteiger partial charge in [0.25, 0.3) is 0 Å². The maximum atomic E-state index is 13.7. The fourth-order valence-electron chi connectivity index (χ4n) is 3.24. The van der Waals surface area contributed by atoms with E-state index in [1.165, 1.54) is 0 Å². The molecule has 152 valence electrons. The molecule has 0 amide bonds. The highest BCUT2D eigenvalue weighted by Crippen LogP contribution is 2.35. The maximum absolute atomic E-state index is 13.7. The molecule has 0 radical (unpaired) electrons. The Morgan fingerprint density at radius 2 is 0.969 bits per heavy atom. The summed E-state index contributed by atoms with van der Waals surface area (Å²) in [5.74, 6) is 6.65. The summed E-state index contributed by atoms with van der Waals surface area (Å²) in [5, 5.41) is 0. The van der Waals surface area contributed by atoms with Crippen LogP contribution in [0, 0.1) is 24.7 Å². The van der Waals surface area contributed by atoms with Crippen LogP contribution in [-0.2, 0) is 0 Å². The van der Waals surface area contributed by atoms with Crippen molar-refractivity contribution in [1.29, 1.82) is 0 Å². The van der Waals surface area contributed by atoms with Gasteiger partial charge in [-0.15, -0.1) is 12.8 Å². The minimum absolute atomic E-state index is 0.308. The Bertz CT molecular complexity index is 1240. The lowest BCUT2D eigenvalue weighted by Crippen LogP contribution is -2.08. The lowest BCUT2D eigenvalue weighted by atomic mass is 9.97. The van der Waals surface area contributed by atoms with E-state index in [-0.39, 0.29) is 5.78 Å². The van der Waals surface area contributed by atoms with Crippen LogP contribution in [0.5, 0.6) is 23.0 Å². The number of carbonyl (C=O) groups excluding carboxylic acids is 1. The van der Waals surface area contributed by atoms with Gasteiger partial charge in [0.05, 0.1) is 22.3 Å². The first-order chi connectivity index (χ1) is 15.7. The summed E-state index contributed by atoms with van der Waals surface area (Å²) in [7, 11) is 0. The zero-order valence-electron chi connectivity index (χ0n) is 17.1. The number of para-hydroxylation sites is 4. The molecule has 0 fully saturated rings. The Kier molecular flexibility index (Phi) is 6.03. The second kappa shape index (κ2) is 9.39. The molecule has 0 heterocycles. The molecule has 4 aromatic carbocycles. The van der Waals surface area contributed by atoms with E-state index >= 15 is 0 Å². The first-order valence-electron chi connectivity index (χ1n) is 9.91. The third-order valence-corrected chi connectivity index (χ3v) is 4.76. The van der Waals surface area contributed by atoms with Crippen LogP contribution in [0.25, 0.3) is 0 Å². The molecule has 0 aliphatic carbocycles. The molecule has 32 heavy (non-hydrogen) atoms. The van der Waals surface area contributed by atoms with Gasteiger partial charge in [0.15, 0.2) is 11.5 Å². The van der Waals surface area contributed by atoms with Gasteiger partial charge < -0.3 is 9.47 Å². The van der Waals surface area contributed by atoms with E-state index in [1.54, 1.807) is 60.7 Å². The van der Waals surface area contributed by atoms with Crippen molar-refractivity contribution in [2.45, 2.75) is 0 Å². The van der Waals surface area contributed by atoms with Crippen LogP contribution in [0.15, 0.2) is 97.1 Å². The second-order valence-electron chi connectivity index (χ2n) is 6.81. The molecule has 4 aromatic rings. The van der Waals surface area contributed by atoms with Gasteiger partial charge in [-0.25, -0.2) is 0 Å². The average molecular weight is 414 g/mol. The number of carbonyl (C=O) groups is 1. The minimum atomic E-state index is -0.309. The van der Waals surface area contributed by atoms with Crippen molar-refractivity contribution in [2.75, 3.05) is 0 Å². The lowest BCUT2D eigenvalue weighted by Gasteiger charge is -2.16. The third kappa shape index (κ3) is 4.24. The largest absolute Gasteiger partial charge is 0.455 e. The van der Waals surface area contributed by atoms with Crippen molar-refractivity contribution >= 4 is 5.78 Å². The van der Waals surface area contributed by atoms with Crippen molar-refractivity contribution < 1.29 is 14.3 Å². The molecule has 0 aliphatic rings. The summed E-state index contributed by atoms with van der Waals surface area (Å²) < 4.78 is 12.1. The number of ketones is 1. The van der Waals surface area contributed by atoms with Crippen LogP contribution >= 0.6 is 0 Å². The summed E-state index contributed by atoms with van der Waals surface area (Å²) in [6.45, 7) is 0. The molecule has 0 aromatic heterocycles. The van der Waals surface area contributed by atoms with Crippen molar-refractivity contribution in [3.63, 3.8) is 0 Å². The molecule has 0 unspecified atom stereocenters. The molecular formula is C29H18O3. The van der Waals surface area contributed by atoms with Crippen LogP contribution in [-0.4, -0.2) is 5.78 Å². The SMILES string of the molecule is C#Cc1cccc(C(=O)c2cccc(C#C)c2Oc2ccccc2)c1Oc1ccccc1. The van der Waals surface area contributed by atoms with Crippen LogP contribution < -0.4 is 9.47 Å². The number of terminal acetylenes is 2. The van der Waals surface area contributed by atoms with Gasteiger partial charge in [-0.1, -0.05) is 60.4 Å². The monoisotopic (exact) mass is 414 g/mol. The highest BCUT2D eigenvalue weighted by Gasteiger charge is 2.23. The van der Waals surface area contributed by atoms with E-state index in [9.17, 15) is 4.79 Å². The molecule has 4 rings (SSSR count). The molecule has 0 N–H and O–H groups in total. The Morgan fingerprint density at radius 1 is 0.562 bits per heavy atom. The van der Waals surface area contributed by atoms with Gasteiger partial charge in [0.1, 0.15) is 11.5 Å². The summed E-state index contributed by atoms with van der Waals surface area (Å²) in [6, 6.07) is 28.6. The normalized spacial score (nSPS) is 9.94. The molecule has 0 spiro atoms. The van der Waals surface area contributed by atoms with E-state index in [0.717, 1.165) is 0 Å². The molecule has 0 saturated heterocycles. The maximum Gasteiger partial charge on any atom is 0.200 e. The number of ether oxygens (including phenoxy) is 2. The summed E-state index contributed by atoms with van der Waals surface area (Å²) in [5.41, 5.74) is 1.57. The smallest absolute Gasteiger partial charge is 0.200 e. The van der Waals surface area contributed by atoms with Gasteiger partial charge >= 0.3 is 0 Å². The van der Waals surface area contributed by atoms with E-state index in [0.29, 0.717) is 45.3 Å². The molecule has 0 bridgehead atoms. The summed E-state index contributed by atoms with van der Waals surface area (Å²) in [6.07, 6.45) is 11.4. The van der Waals surface area contributed by atoms with Crippen molar-refractivity contribution in [1.82, 2.24) is 0 Å². The fraction of sp³-hybridized carbons (Fsp3) is 0. The van der Waals surface area contributed by atoms with Crippen molar-refractivity contribution in [2.24, 2.45) is 0 Å². The van der Waals surface area contributed by atoms with E-state index in [2.05, 4.69) is 11.8 Å². The number of hydrogen-bond acceptors (Lipinski definition) is 3. The predicted octanol–water partition coefficient (Wildman–Crippen LogP) is 6.46. The summed E-state index contributed by atoms with van der Waals surface area (Å²) in [4.78, 5) is 13.7. The van der Waals surface area contributed by atoms with E-state index in [4.69, 9.17) is 22.3 Å². The molecule has 3 nitrogen and oxygen atoms in total. The Hall–Kier alpha value is -4.73. The molecule has 0 aliphatic heterocycles. The highest BCUT2D eigenvalue weighted by atomic mass is 16.5. The van der Waals surface area contributed by atoms with E-state index < -0.39 is 0 Å². The minimum Gasteiger partial charge on any atom is -0.455 e. The molecule has 0 saturated carbocycles. The van der Waals surface area contributed by atoms with Gasteiger partial charge in [-0.3, -0.25) is 4.79 Å². The fourth-order valence-corrected chi connectivity index (χ4v) is 3.24. The molecule has 0 atom stereocenters. The molecule has 3 heteroatoms. The second-order valence-corrected chi connectivity index (χ2v) is 6.81. The quantitative estimate of drug-likeness (QED) is 0.268. The first kappa shape index (κ1) is 20.5. The Morgan fingerprint density at radius 3 is 1.34 bits per heavy atom. The van der Waals surface area contributed by atoms with Gasteiger partial charge in [-0.05, 0) is 48.5 Å². The average Bonchev–Trinajstić information content (AvgIpc) is 2.85. The molecular weight excluding hydrogens is 396 g/mol. The van der Waals surface area contributed by atoms with E-state index in [1.807, 2.05) is 36.4 Å². The zero-order valence-corrected chi connectivity index (χ0v) is 17.1. The zero-order chi connectivity index (χ0) is 22.3. The highest BCUT2D eigenvalue weighted by molar-refractivity contribution is 6.13. The van der Waals surface area contributed by atoms with Crippen LogP contribution in [0.1, 0.15) is 27.0 Å². The lowest BCUT2D eigenvalue weighted by molar-refractivity contribution is 0.103. The standard InChI is InChI=1S/C29H18O3/c1-3-21-13-11-19-25(28(21)31-23-15-7-5-8-16-23)27(30)26-20-12-14-22(4-2)29(26)32-24-17-9-6-10-18-24/h1-2,5-20H. The summed E-state index contributed by atoms with van der Waals surface area (Å²) >= 11 is 0. The third-order valence-electron chi connectivity index (χ3n) is 4.76. The van der Waals surface area contributed by atoms with Crippen LogP contribution in [0.4, 0.5) is 0 Å². The van der Waals surface area contributed by atoms with Gasteiger partial charge in [0, 0.05) is 0 Å². The number of hydrogen-bond donors (Lipinski definition) is 0. The van der Waals surface area contributed by atoms with Crippen molar-refractivity contribution in [3.8, 4) is 47.7 Å². The topological polar surface area (TPSA) is 35.5 Å². The van der Waals surface area contributed by atoms with Crippen LogP contribution in [0.3, 0.4) is 0 Å². The predicted molar refractivity (Wildman–Crippen MR) is 125 cm³/mol. The number of rotatable bonds is 6. The van der Waals surface area contributed by atoms with Crippen molar-refractivity contribution in [3.05, 3.63) is 119 Å². The van der Waals surface area contributed by atoms with Crippen LogP contribution in [0.2, 0.25) is 0 Å². The Balaban J connectivity index is 1.82. The first-order valence-corrected chi connectivity index (χ1v) is 9.91. The van der Waals surface area contributed by atoms with Gasteiger partial charge in [-0.2, -0.15) is 0 Å². The Labute approximate surface area is 187 Å². The number of benzene rings is 4.